The number of aromatic nitrogens is 2. The van der Waals surface area contributed by atoms with Gasteiger partial charge >= 0.3 is 0 Å². The lowest BCUT2D eigenvalue weighted by molar-refractivity contribution is 0.613. The Morgan fingerprint density at radius 2 is 2.17 bits per heavy atom. The van der Waals surface area contributed by atoms with Gasteiger partial charge in [-0.25, -0.2) is 14.4 Å². The van der Waals surface area contributed by atoms with Crippen LogP contribution in [0.25, 0.3) is 0 Å². The van der Waals surface area contributed by atoms with Crippen molar-refractivity contribution in [1.82, 2.24) is 9.97 Å². The van der Waals surface area contributed by atoms with Gasteiger partial charge in [-0.2, -0.15) is 0 Å². The number of benzene rings is 1. The predicted octanol–water partition coefficient (Wildman–Crippen LogP) is 4.34. The molecule has 2 aromatic heterocycles. The molecular formula is C17H16FN5S. The highest BCUT2D eigenvalue weighted by Crippen LogP contribution is 2.23. The smallest absolute Gasteiger partial charge is 0.188 e. The fourth-order valence-electron chi connectivity index (χ4n) is 2.16. The Bertz CT molecular complexity index is 862. The number of aryl methyl sites for hydroxylation is 1. The number of pyridine rings is 1. The SMILES string of the molecule is Cc1csc(Nc2cc(NCc3ccccc3F)c(C=N)cn2)n1. The van der Waals surface area contributed by atoms with Crippen molar-refractivity contribution < 1.29 is 4.39 Å². The molecule has 3 rings (SSSR count). The first-order valence-corrected chi connectivity index (χ1v) is 8.20. The van der Waals surface area contributed by atoms with Gasteiger partial charge in [0, 0.05) is 47.2 Å². The maximum absolute atomic E-state index is 13.7. The van der Waals surface area contributed by atoms with Gasteiger partial charge in [0.25, 0.3) is 0 Å². The van der Waals surface area contributed by atoms with Crippen molar-refractivity contribution in [2.45, 2.75) is 13.5 Å². The number of halogens is 1. The highest BCUT2D eigenvalue weighted by Gasteiger charge is 2.07. The second-order valence-electron chi connectivity index (χ2n) is 5.17. The number of thiazole rings is 1. The van der Waals surface area contributed by atoms with E-state index in [1.165, 1.54) is 23.6 Å². The average molecular weight is 341 g/mol. The summed E-state index contributed by atoms with van der Waals surface area (Å²) in [6.07, 6.45) is 2.81. The summed E-state index contributed by atoms with van der Waals surface area (Å²) in [6, 6.07) is 8.40. The standard InChI is InChI=1S/C17H16FN5S/c1-11-10-24-17(22-11)23-16-6-15(13(7-19)9-21-16)20-8-12-4-2-3-5-14(12)18/h2-7,9-10,19H,8H2,1H3,(H2,20,21,22,23). The minimum atomic E-state index is -0.257. The molecule has 0 saturated heterocycles. The van der Waals surface area contributed by atoms with Gasteiger partial charge in [0.05, 0.1) is 5.69 Å². The van der Waals surface area contributed by atoms with E-state index in [9.17, 15) is 4.39 Å². The quantitative estimate of drug-likeness (QED) is 0.583. The van der Waals surface area contributed by atoms with Crippen molar-refractivity contribution in [1.29, 1.82) is 5.41 Å². The van der Waals surface area contributed by atoms with Gasteiger partial charge in [0.2, 0.25) is 0 Å². The summed E-state index contributed by atoms with van der Waals surface area (Å²) in [4.78, 5) is 8.61. The second-order valence-corrected chi connectivity index (χ2v) is 6.02. The highest BCUT2D eigenvalue weighted by atomic mass is 32.1. The Morgan fingerprint density at radius 3 is 2.88 bits per heavy atom. The molecule has 0 aliphatic carbocycles. The van der Waals surface area contributed by atoms with Gasteiger partial charge in [0.15, 0.2) is 5.13 Å². The van der Waals surface area contributed by atoms with Crippen LogP contribution in [0, 0.1) is 18.2 Å². The van der Waals surface area contributed by atoms with E-state index in [1.807, 2.05) is 12.3 Å². The van der Waals surface area contributed by atoms with E-state index in [1.54, 1.807) is 30.5 Å². The Balaban J connectivity index is 1.79. The normalized spacial score (nSPS) is 10.4. The summed E-state index contributed by atoms with van der Waals surface area (Å²) >= 11 is 1.50. The van der Waals surface area contributed by atoms with Crippen molar-refractivity contribution in [2.75, 3.05) is 10.6 Å². The molecule has 0 saturated carbocycles. The molecule has 0 aliphatic rings. The molecule has 0 spiro atoms. The maximum Gasteiger partial charge on any atom is 0.188 e. The number of anilines is 3. The second kappa shape index (κ2) is 7.18. The molecule has 7 heteroatoms. The minimum Gasteiger partial charge on any atom is -0.380 e. The first-order valence-electron chi connectivity index (χ1n) is 7.32. The molecule has 122 valence electrons. The Kier molecular flexibility index (Phi) is 4.81. The minimum absolute atomic E-state index is 0.257. The Labute approximate surface area is 143 Å². The van der Waals surface area contributed by atoms with Crippen LogP contribution in [0.1, 0.15) is 16.8 Å². The van der Waals surface area contributed by atoms with Crippen molar-refractivity contribution in [3.8, 4) is 0 Å². The number of hydrogen-bond donors (Lipinski definition) is 3. The molecule has 0 unspecified atom stereocenters. The van der Waals surface area contributed by atoms with E-state index in [2.05, 4.69) is 20.6 Å². The number of nitrogens with one attached hydrogen (secondary N) is 3. The molecule has 3 aromatic rings. The lowest BCUT2D eigenvalue weighted by Crippen LogP contribution is -2.05. The van der Waals surface area contributed by atoms with Crippen LogP contribution in [0.2, 0.25) is 0 Å². The fourth-order valence-corrected chi connectivity index (χ4v) is 2.85. The van der Waals surface area contributed by atoms with Crippen molar-refractivity contribution in [3.63, 3.8) is 0 Å². The zero-order valence-electron chi connectivity index (χ0n) is 13.0. The van der Waals surface area contributed by atoms with Crippen molar-refractivity contribution in [2.24, 2.45) is 0 Å². The van der Waals surface area contributed by atoms with Crippen LogP contribution >= 0.6 is 11.3 Å². The number of rotatable bonds is 6. The molecule has 0 amide bonds. The first kappa shape index (κ1) is 16.1. The summed E-state index contributed by atoms with van der Waals surface area (Å²) < 4.78 is 13.7. The van der Waals surface area contributed by atoms with Crippen molar-refractivity contribution in [3.05, 3.63) is 64.5 Å². The molecule has 0 fully saturated rings. The van der Waals surface area contributed by atoms with Gasteiger partial charge in [-0.15, -0.1) is 11.3 Å². The topological polar surface area (TPSA) is 73.7 Å². The molecule has 5 nitrogen and oxygen atoms in total. The monoisotopic (exact) mass is 341 g/mol. The molecule has 0 atom stereocenters. The van der Waals surface area contributed by atoms with E-state index in [0.717, 1.165) is 10.8 Å². The molecule has 1 aromatic carbocycles. The molecule has 0 radical (unpaired) electrons. The van der Waals surface area contributed by atoms with Gasteiger partial charge in [-0.1, -0.05) is 18.2 Å². The Hall–Kier alpha value is -2.80. The first-order chi connectivity index (χ1) is 11.7. The number of nitrogens with zero attached hydrogens (tertiary/aromatic N) is 2. The van der Waals surface area contributed by atoms with Crippen LogP contribution in [-0.2, 0) is 6.54 Å². The Morgan fingerprint density at radius 1 is 1.33 bits per heavy atom. The van der Waals surface area contributed by atoms with Gasteiger partial charge in [-0.05, 0) is 13.0 Å². The average Bonchev–Trinajstić information content (AvgIpc) is 2.99. The van der Waals surface area contributed by atoms with E-state index in [4.69, 9.17) is 5.41 Å². The van der Waals surface area contributed by atoms with E-state index in [0.29, 0.717) is 29.2 Å². The molecular weight excluding hydrogens is 325 g/mol. The summed E-state index contributed by atoms with van der Waals surface area (Å²) in [5.41, 5.74) is 2.85. The largest absolute Gasteiger partial charge is 0.380 e. The van der Waals surface area contributed by atoms with Crippen LogP contribution in [0.4, 0.5) is 21.0 Å². The summed E-state index contributed by atoms with van der Waals surface area (Å²) in [5, 5.41) is 16.5. The lowest BCUT2D eigenvalue weighted by Gasteiger charge is -2.12. The van der Waals surface area contributed by atoms with Gasteiger partial charge in [0.1, 0.15) is 11.6 Å². The van der Waals surface area contributed by atoms with Gasteiger partial charge in [-0.3, -0.25) is 0 Å². The number of hydrogen-bond acceptors (Lipinski definition) is 6. The molecule has 2 heterocycles. The van der Waals surface area contributed by atoms with Crippen LogP contribution in [0.15, 0.2) is 41.9 Å². The fraction of sp³-hybridized carbons (Fsp3) is 0.118. The molecule has 0 aliphatic heterocycles. The third-order valence-corrected chi connectivity index (χ3v) is 4.25. The zero-order chi connectivity index (χ0) is 16.9. The van der Waals surface area contributed by atoms with E-state index >= 15 is 0 Å². The lowest BCUT2D eigenvalue weighted by atomic mass is 10.2. The molecule has 24 heavy (non-hydrogen) atoms. The summed E-state index contributed by atoms with van der Waals surface area (Å²) in [7, 11) is 0. The summed E-state index contributed by atoms with van der Waals surface area (Å²) in [5.74, 6) is 0.359. The third kappa shape index (κ3) is 3.75. The van der Waals surface area contributed by atoms with Crippen molar-refractivity contribution >= 4 is 34.2 Å². The van der Waals surface area contributed by atoms with E-state index in [-0.39, 0.29) is 5.82 Å². The van der Waals surface area contributed by atoms with Crippen LogP contribution in [0.3, 0.4) is 0 Å². The van der Waals surface area contributed by atoms with Gasteiger partial charge < -0.3 is 16.0 Å². The van der Waals surface area contributed by atoms with Crippen LogP contribution in [0.5, 0.6) is 0 Å². The van der Waals surface area contributed by atoms with Crippen LogP contribution < -0.4 is 10.6 Å². The third-order valence-electron chi connectivity index (χ3n) is 3.37. The predicted molar refractivity (Wildman–Crippen MR) is 96.0 cm³/mol. The summed E-state index contributed by atoms with van der Waals surface area (Å²) in [6.45, 7) is 2.25. The molecule has 3 N–H and O–H groups in total. The van der Waals surface area contributed by atoms with E-state index < -0.39 is 0 Å². The maximum atomic E-state index is 13.7. The van der Waals surface area contributed by atoms with Crippen LogP contribution in [-0.4, -0.2) is 16.2 Å². The highest BCUT2D eigenvalue weighted by molar-refractivity contribution is 7.13. The molecule has 0 bridgehead atoms. The zero-order valence-corrected chi connectivity index (χ0v) is 13.8.